The fourth-order valence-electron chi connectivity index (χ4n) is 1.40. The number of amides is 2. The zero-order valence-electron chi connectivity index (χ0n) is 11.1. The highest BCUT2D eigenvalue weighted by molar-refractivity contribution is 7.15. The van der Waals surface area contributed by atoms with Crippen molar-refractivity contribution in [2.45, 2.75) is 39.0 Å². The minimum Gasteiger partial charge on any atom is -0.341 e. The predicted molar refractivity (Wildman–Crippen MR) is 70.7 cm³/mol. The fourth-order valence-corrected chi connectivity index (χ4v) is 2.49. The number of rotatable bonds is 4. The van der Waals surface area contributed by atoms with Gasteiger partial charge in [0.25, 0.3) is 0 Å². The van der Waals surface area contributed by atoms with Crippen LogP contribution in [-0.2, 0) is 5.41 Å². The Hall–Kier alpha value is -1.17. The molecule has 0 aliphatic carbocycles. The van der Waals surface area contributed by atoms with E-state index in [-0.39, 0.29) is 11.4 Å². The van der Waals surface area contributed by atoms with Crippen molar-refractivity contribution in [1.82, 2.24) is 15.5 Å². The second-order valence-corrected chi connectivity index (χ2v) is 5.23. The van der Waals surface area contributed by atoms with Crippen LogP contribution in [0.1, 0.15) is 38.6 Å². The van der Waals surface area contributed by atoms with Gasteiger partial charge >= 0.3 is 6.03 Å². The van der Waals surface area contributed by atoms with Crippen molar-refractivity contribution >= 4 is 22.5 Å². The van der Waals surface area contributed by atoms with Crippen molar-refractivity contribution in [2.24, 2.45) is 0 Å². The average Bonchev–Trinajstić information content (AvgIpc) is 2.85. The first-order valence-electron chi connectivity index (χ1n) is 5.78. The van der Waals surface area contributed by atoms with E-state index in [9.17, 15) is 4.79 Å². The molecule has 0 spiro atoms. The van der Waals surface area contributed by atoms with Gasteiger partial charge in [0.15, 0.2) is 0 Å². The third kappa shape index (κ3) is 2.74. The van der Waals surface area contributed by atoms with Gasteiger partial charge in [0.05, 0.1) is 0 Å². The molecule has 0 saturated heterocycles. The summed E-state index contributed by atoms with van der Waals surface area (Å²) >= 11 is 1.48. The van der Waals surface area contributed by atoms with E-state index in [1.807, 2.05) is 0 Å². The Bertz CT molecular complexity index is 387. The maximum absolute atomic E-state index is 11.5. The van der Waals surface area contributed by atoms with Gasteiger partial charge in [-0.15, -0.1) is 10.2 Å². The normalized spacial score (nSPS) is 11.4. The lowest BCUT2D eigenvalue weighted by molar-refractivity contribution is 0.249. The van der Waals surface area contributed by atoms with E-state index in [1.165, 1.54) is 16.2 Å². The molecule has 0 bridgehead atoms. The SMILES string of the molecule is CCC(C)(CC)c1nnc(N(C)C(=O)NC)s1. The van der Waals surface area contributed by atoms with Crippen LogP contribution in [0.3, 0.4) is 0 Å². The number of urea groups is 1. The van der Waals surface area contributed by atoms with E-state index in [2.05, 4.69) is 36.3 Å². The van der Waals surface area contributed by atoms with Crippen molar-refractivity contribution in [3.8, 4) is 0 Å². The summed E-state index contributed by atoms with van der Waals surface area (Å²) in [7, 11) is 3.29. The van der Waals surface area contributed by atoms with E-state index < -0.39 is 0 Å². The number of nitrogens with zero attached hydrogens (tertiary/aromatic N) is 3. The molecule has 0 radical (unpaired) electrons. The summed E-state index contributed by atoms with van der Waals surface area (Å²) in [5, 5.41) is 12.5. The van der Waals surface area contributed by atoms with Crippen LogP contribution in [0.4, 0.5) is 9.93 Å². The minimum atomic E-state index is -0.178. The van der Waals surface area contributed by atoms with Gasteiger partial charge in [-0.25, -0.2) is 4.79 Å². The lowest BCUT2D eigenvalue weighted by Gasteiger charge is -2.22. The number of carbonyl (C=O) groups excluding carboxylic acids is 1. The van der Waals surface area contributed by atoms with Crippen LogP contribution in [0, 0.1) is 0 Å². The predicted octanol–water partition coefficient (Wildman–Crippen LogP) is 2.39. The summed E-state index contributed by atoms with van der Waals surface area (Å²) < 4.78 is 0. The zero-order chi connectivity index (χ0) is 13.1. The molecule has 0 saturated carbocycles. The van der Waals surface area contributed by atoms with E-state index in [1.54, 1.807) is 14.1 Å². The molecule has 1 aromatic heterocycles. The molecular weight excluding hydrogens is 236 g/mol. The van der Waals surface area contributed by atoms with Crippen molar-refractivity contribution in [3.63, 3.8) is 0 Å². The highest BCUT2D eigenvalue weighted by Gasteiger charge is 2.28. The molecule has 0 aliphatic heterocycles. The molecule has 1 N–H and O–H groups in total. The molecule has 0 unspecified atom stereocenters. The first-order valence-corrected chi connectivity index (χ1v) is 6.59. The quantitative estimate of drug-likeness (QED) is 0.900. The van der Waals surface area contributed by atoms with Crippen molar-refractivity contribution in [3.05, 3.63) is 5.01 Å². The van der Waals surface area contributed by atoms with Gasteiger partial charge in [-0.3, -0.25) is 4.90 Å². The van der Waals surface area contributed by atoms with Crippen LogP contribution in [0.2, 0.25) is 0 Å². The van der Waals surface area contributed by atoms with Gasteiger partial charge < -0.3 is 5.32 Å². The monoisotopic (exact) mass is 256 g/mol. The van der Waals surface area contributed by atoms with E-state index in [0.717, 1.165) is 17.8 Å². The number of anilines is 1. The topological polar surface area (TPSA) is 58.1 Å². The van der Waals surface area contributed by atoms with Gasteiger partial charge in [-0.1, -0.05) is 32.1 Å². The molecule has 17 heavy (non-hydrogen) atoms. The smallest absolute Gasteiger partial charge is 0.323 e. The molecule has 2 amide bonds. The maximum atomic E-state index is 11.5. The molecule has 0 aromatic carbocycles. The largest absolute Gasteiger partial charge is 0.341 e. The number of hydrogen-bond donors (Lipinski definition) is 1. The summed E-state index contributed by atoms with van der Waals surface area (Å²) in [5.74, 6) is 0. The Balaban J connectivity index is 2.95. The summed E-state index contributed by atoms with van der Waals surface area (Å²) in [4.78, 5) is 12.9. The molecule has 1 heterocycles. The van der Waals surface area contributed by atoms with Crippen LogP contribution in [-0.4, -0.2) is 30.3 Å². The minimum absolute atomic E-state index is 0.0550. The van der Waals surface area contributed by atoms with Gasteiger partial charge in [-0.2, -0.15) is 0 Å². The van der Waals surface area contributed by atoms with Crippen LogP contribution in [0.25, 0.3) is 0 Å². The van der Waals surface area contributed by atoms with Crippen molar-refractivity contribution < 1.29 is 4.79 Å². The highest BCUT2D eigenvalue weighted by atomic mass is 32.1. The number of aromatic nitrogens is 2. The number of carbonyl (C=O) groups is 1. The summed E-state index contributed by atoms with van der Waals surface area (Å²) in [6.07, 6.45) is 2.03. The first kappa shape index (κ1) is 13.9. The van der Waals surface area contributed by atoms with Gasteiger partial charge in [0.2, 0.25) is 5.13 Å². The Morgan fingerprint density at radius 2 is 2.00 bits per heavy atom. The van der Waals surface area contributed by atoms with Crippen LogP contribution in [0.5, 0.6) is 0 Å². The van der Waals surface area contributed by atoms with Crippen molar-refractivity contribution in [2.75, 3.05) is 19.0 Å². The Morgan fingerprint density at radius 1 is 1.41 bits per heavy atom. The van der Waals surface area contributed by atoms with E-state index in [4.69, 9.17) is 0 Å². The molecule has 6 heteroatoms. The fraction of sp³-hybridized carbons (Fsp3) is 0.727. The molecular formula is C11H20N4OS. The Labute approximate surface area is 106 Å². The Morgan fingerprint density at radius 3 is 2.47 bits per heavy atom. The maximum Gasteiger partial charge on any atom is 0.323 e. The third-order valence-electron chi connectivity index (χ3n) is 3.30. The molecule has 0 fully saturated rings. The van der Waals surface area contributed by atoms with E-state index in [0.29, 0.717) is 5.13 Å². The molecule has 0 aliphatic rings. The van der Waals surface area contributed by atoms with Gasteiger partial charge in [-0.05, 0) is 12.8 Å². The van der Waals surface area contributed by atoms with Crippen molar-refractivity contribution in [1.29, 1.82) is 0 Å². The molecule has 5 nitrogen and oxygen atoms in total. The Kier molecular flexibility index (Phi) is 4.45. The van der Waals surface area contributed by atoms with E-state index >= 15 is 0 Å². The first-order chi connectivity index (χ1) is 7.98. The molecule has 0 atom stereocenters. The number of hydrogen-bond acceptors (Lipinski definition) is 4. The molecule has 96 valence electrons. The lowest BCUT2D eigenvalue weighted by Crippen LogP contribution is -2.34. The van der Waals surface area contributed by atoms with Crippen LogP contribution < -0.4 is 10.2 Å². The molecule has 1 rings (SSSR count). The van der Waals surface area contributed by atoms with Gasteiger partial charge in [0.1, 0.15) is 5.01 Å². The van der Waals surface area contributed by atoms with Crippen LogP contribution >= 0.6 is 11.3 Å². The standard InChI is InChI=1S/C11H20N4OS/c1-6-11(3,7-2)8-13-14-10(17-8)15(5)9(16)12-4/h6-7H2,1-5H3,(H,12,16). The lowest BCUT2D eigenvalue weighted by atomic mass is 9.86. The highest BCUT2D eigenvalue weighted by Crippen LogP contribution is 2.35. The second kappa shape index (κ2) is 5.44. The van der Waals surface area contributed by atoms with Gasteiger partial charge in [0, 0.05) is 19.5 Å². The summed E-state index contributed by atoms with van der Waals surface area (Å²) in [6, 6.07) is -0.178. The average molecular weight is 256 g/mol. The molecule has 1 aromatic rings. The number of nitrogens with one attached hydrogen (secondary N) is 1. The second-order valence-electron chi connectivity index (χ2n) is 4.27. The zero-order valence-corrected chi connectivity index (χ0v) is 11.9. The summed E-state index contributed by atoms with van der Waals surface area (Å²) in [5.41, 5.74) is 0.0550. The third-order valence-corrected chi connectivity index (χ3v) is 4.60. The summed E-state index contributed by atoms with van der Waals surface area (Å²) in [6.45, 7) is 6.47. The van der Waals surface area contributed by atoms with Crippen LogP contribution in [0.15, 0.2) is 0 Å².